The molecule has 1 saturated heterocycles. The van der Waals surface area contributed by atoms with Crippen LogP contribution in [0.4, 0.5) is 0 Å². The van der Waals surface area contributed by atoms with Crippen molar-refractivity contribution >= 4 is 55.3 Å². The molecule has 56 heavy (non-hydrogen) atoms. The zero-order chi connectivity index (χ0) is 39.2. The van der Waals surface area contributed by atoms with Crippen molar-refractivity contribution in [2.75, 3.05) is 6.54 Å². The molecule has 15 heteroatoms. The number of fused-ring (bicyclic) bond motifs is 5. The number of pyridine rings is 1. The van der Waals surface area contributed by atoms with Crippen LogP contribution in [-0.2, 0) is 24.4 Å². The lowest BCUT2D eigenvalue weighted by Gasteiger charge is -2.30. The van der Waals surface area contributed by atoms with Gasteiger partial charge in [0.1, 0.15) is 29.4 Å². The van der Waals surface area contributed by atoms with Gasteiger partial charge in [-0.3, -0.25) is 28.9 Å². The van der Waals surface area contributed by atoms with Crippen molar-refractivity contribution in [2.24, 2.45) is 5.92 Å². The van der Waals surface area contributed by atoms with E-state index in [4.69, 9.17) is 9.72 Å². The van der Waals surface area contributed by atoms with Crippen LogP contribution in [0.25, 0.3) is 21.7 Å². The van der Waals surface area contributed by atoms with Gasteiger partial charge in [0.25, 0.3) is 11.8 Å². The second-order valence-corrected chi connectivity index (χ2v) is 17.9. The Hall–Kier alpha value is -5.44. The standard InChI is InChI=1S/C41H45N7O7S/c1-25-22-43-33(23-42-25)35(49)44-32-17-7-5-3-4-6-12-26-21-41(26,39(52)47-56(53,54)40(2)18-19-40)46-36(50)34-20-27(24-48(34)38(32)51)55-37-30-15-9-8-13-28(30)29-14-10-11-16-31(29)45-37/h6,8-16,22-23,26-27,32,34H,3-5,7,17-21,24H2,1-2H3,(H,44,49)(H,46,50)(H,47,52)/b12-6-/t26?,27-,32+,34+,41-/m1/s1. The molecule has 2 aliphatic carbocycles. The number of rotatable bonds is 7. The Kier molecular flexibility index (Phi) is 9.75. The van der Waals surface area contributed by atoms with Crippen molar-refractivity contribution in [3.8, 4) is 5.88 Å². The molecule has 8 rings (SSSR count). The lowest BCUT2D eigenvalue weighted by Crippen LogP contribution is -2.58. The number of aromatic nitrogens is 3. The number of benzene rings is 2. The summed E-state index contributed by atoms with van der Waals surface area (Å²) in [6.07, 6.45) is 10.3. The summed E-state index contributed by atoms with van der Waals surface area (Å²) in [7, 11) is -3.99. The lowest BCUT2D eigenvalue weighted by molar-refractivity contribution is -0.141. The fraction of sp³-hybridized carbons (Fsp3) is 0.439. The molecular weight excluding hydrogens is 735 g/mol. The number of carbonyl (C=O) groups is 4. The van der Waals surface area contributed by atoms with Gasteiger partial charge in [0.05, 0.1) is 28.7 Å². The Bertz CT molecular complexity index is 2360. The highest BCUT2D eigenvalue weighted by Crippen LogP contribution is 2.47. The quantitative estimate of drug-likeness (QED) is 0.183. The predicted octanol–water partition coefficient (Wildman–Crippen LogP) is 4.03. The van der Waals surface area contributed by atoms with Gasteiger partial charge in [-0.15, -0.1) is 0 Å². The first-order valence-electron chi connectivity index (χ1n) is 19.3. The van der Waals surface area contributed by atoms with Crippen molar-refractivity contribution in [1.29, 1.82) is 0 Å². The predicted molar refractivity (Wildman–Crippen MR) is 208 cm³/mol. The van der Waals surface area contributed by atoms with Gasteiger partial charge in [0, 0.05) is 29.3 Å². The first-order valence-corrected chi connectivity index (χ1v) is 20.8. The summed E-state index contributed by atoms with van der Waals surface area (Å²) in [5, 5.41) is 8.43. The SMILES string of the molecule is Cc1cnc(C(=O)N[C@H]2CCCCC/C=C\C3C[C@@]3(C(=O)NS(=O)(=O)C3(C)CC3)NC(=O)[C@@H]3C[C@@H](Oc4nc5ccccc5c5ccccc45)CN3C2=O)cn1. The first kappa shape index (κ1) is 37.5. The first-order chi connectivity index (χ1) is 26.9. The number of nitrogens with one attached hydrogen (secondary N) is 3. The summed E-state index contributed by atoms with van der Waals surface area (Å²) in [5.74, 6) is -2.55. The monoisotopic (exact) mass is 779 g/mol. The van der Waals surface area contributed by atoms with Crippen molar-refractivity contribution in [3.63, 3.8) is 0 Å². The summed E-state index contributed by atoms with van der Waals surface area (Å²) >= 11 is 0. The molecule has 5 atom stereocenters. The molecule has 292 valence electrons. The van der Waals surface area contributed by atoms with E-state index in [9.17, 15) is 27.6 Å². The van der Waals surface area contributed by atoms with E-state index in [-0.39, 0.29) is 25.1 Å². The molecule has 3 fully saturated rings. The minimum absolute atomic E-state index is 0.00821. The van der Waals surface area contributed by atoms with Crippen molar-refractivity contribution in [1.82, 2.24) is 35.2 Å². The topological polar surface area (TPSA) is 190 Å². The third kappa shape index (κ3) is 7.19. The van der Waals surface area contributed by atoms with Gasteiger partial charge >= 0.3 is 0 Å². The highest BCUT2D eigenvalue weighted by atomic mass is 32.2. The van der Waals surface area contributed by atoms with Crippen molar-refractivity contribution in [3.05, 3.63) is 84.5 Å². The van der Waals surface area contributed by atoms with Gasteiger partial charge in [-0.1, -0.05) is 61.4 Å². The average molecular weight is 780 g/mol. The average Bonchev–Trinajstić information content (AvgIpc) is 4.07. The number of amides is 4. The number of hydrogen-bond donors (Lipinski definition) is 3. The fourth-order valence-electron chi connectivity index (χ4n) is 7.81. The maximum Gasteiger partial charge on any atom is 0.272 e. The van der Waals surface area contributed by atoms with E-state index in [1.54, 1.807) is 13.8 Å². The van der Waals surface area contributed by atoms with E-state index in [1.807, 2.05) is 60.7 Å². The smallest absolute Gasteiger partial charge is 0.272 e. The summed E-state index contributed by atoms with van der Waals surface area (Å²) < 4.78 is 34.2. The van der Waals surface area contributed by atoms with Crippen LogP contribution in [0.5, 0.6) is 5.88 Å². The molecule has 3 N–H and O–H groups in total. The molecule has 1 unspecified atom stereocenters. The summed E-state index contributed by atoms with van der Waals surface area (Å²) in [6, 6.07) is 13.3. The van der Waals surface area contributed by atoms with Gasteiger partial charge in [-0.05, 0) is 69.9 Å². The molecular formula is C41H45N7O7S. The number of sulfonamides is 1. The van der Waals surface area contributed by atoms with E-state index >= 15 is 0 Å². The van der Waals surface area contributed by atoms with Gasteiger partial charge in [0.15, 0.2) is 0 Å². The molecule has 2 aliphatic heterocycles. The number of ether oxygens (including phenoxy) is 1. The second-order valence-electron chi connectivity index (χ2n) is 15.8. The van der Waals surface area contributed by atoms with E-state index in [2.05, 4.69) is 25.3 Å². The highest BCUT2D eigenvalue weighted by molar-refractivity contribution is 7.91. The highest BCUT2D eigenvalue weighted by Gasteiger charge is 2.63. The third-order valence-electron chi connectivity index (χ3n) is 11.6. The summed E-state index contributed by atoms with van der Waals surface area (Å²) in [4.78, 5) is 71.2. The van der Waals surface area contributed by atoms with Crippen LogP contribution in [0, 0.1) is 12.8 Å². The van der Waals surface area contributed by atoms with Gasteiger partial charge in [-0.25, -0.2) is 18.4 Å². The third-order valence-corrected chi connectivity index (χ3v) is 13.8. The van der Waals surface area contributed by atoms with Crippen LogP contribution in [0.3, 0.4) is 0 Å². The Morgan fingerprint density at radius 2 is 1.71 bits per heavy atom. The molecule has 4 heterocycles. The van der Waals surface area contributed by atoms with Gasteiger partial charge in [-0.2, -0.15) is 0 Å². The van der Waals surface area contributed by atoms with E-state index < -0.39 is 68.0 Å². The van der Waals surface area contributed by atoms with E-state index in [0.29, 0.717) is 43.7 Å². The number of nitrogens with zero attached hydrogens (tertiary/aromatic N) is 4. The zero-order valence-electron chi connectivity index (χ0n) is 31.4. The number of carbonyl (C=O) groups excluding carboxylic acids is 4. The molecule has 0 bridgehead atoms. The Labute approximate surface area is 324 Å². The number of hydrogen-bond acceptors (Lipinski definition) is 10. The van der Waals surface area contributed by atoms with Crippen LogP contribution >= 0.6 is 0 Å². The molecule has 0 radical (unpaired) electrons. The van der Waals surface area contributed by atoms with Crippen LogP contribution in [0.1, 0.15) is 80.9 Å². The summed E-state index contributed by atoms with van der Waals surface area (Å²) in [5.41, 5.74) is -0.109. The molecule has 2 saturated carbocycles. The maximum absolute atomic E-state index is 14.7. The largest absolute Gasteiger partial charge is 0.472 e. The van der Waals surface area contributed by atoms with Crippen LogP contribution in [-0.4, -0.2) is 86.9 Å². The number of aryl methyl sites for hydroxylation is 1. The fourth-order valence-corrected chi connectivity index (χ4v) is 9.12. The number of allylic oxidation sites excluding steroid dienone is 1. The maximum atomic E-state index is 14.7. The molecule has 2 aromatic heterocycles. The molecule has 4 aliphatic rings. The molecule has 14 nitrogen and oxygen atoms in total. The minimum Gasteiger partial charge on any atom is -0.472 e. The zero-order valence-corrected chi connectivity index (χ0v) is 32.2. The Morgan fingerprint density at radius 3 is 2.46 bits per heavy atom. The molecule has 4 amide bonds. The normalized spacial score (nSPS) is 26.9. The van der Waals surface area contributed by atoms with Gasteiger partial charge < -0.3 is 20.3 Å². The second kappa shape index (κ2) is 14.6. The summed E-state index contributed by atoms with van der Waals surface area (Å²) in [6.45, 7) is 3.34. The Balaban J connectivity index is 1.12. The number of para-hydroxylation sites is 1. The lowest BCUT2D eigenvalue weighted by atomic mass is 10.0. The van der Waals surface area contributed by atoms with E-state index in [1.165, 1.54) is 17.3 Å². The van der Waals surface area contributed by atoms with Crippen molar-refractivity contribution < 1.29 is 32.3 Å². The minimum atomic E-state index is -3.99. The Morgan fingerprint density at radius 1 is 0.964 bits per heavy atom. The van der Waals surface area contributed by atoms with Crippen LogP contribution in [0.2, 0.25) is 0 Å². The van der Waals surface area contributed by atoms with Crippen molar-refractivity contribution in [2.45, 2.75) is 100 Å². The van der Waals surface area contributed by atoms with Crippen LogP contribution in [0.15, 0.2) is 73.1 Å². The van der Waals surface area contributed by atoms with E-state index in [0.717, 1.165) is 34.5 Å². The van der Waals surface area contributed by atoms with Crippen LogP contribution < -0.4 is 20.1 Å². The molecule has 0 spiro atoms. The molecule has 2 aromatic carbocycles. The molecule has 4 aromatic rings. The van der Waals surface area contributed by atoms with Gasteiger partial charge in [0.2, 0.25) is 27.7 Å².